The van der Waals surface area contributed by atoms with Gasteiger partial charge < -0.3 is 20.6 Å². The summed E-state index contributed by atoms with van der Waals surface area (Å²) in [5.74, 6) is 1.96. The molecular weight excluding hydrogens is 564 g/mol. The number of hydrogen-bond acceptors (Lipinski definition) is 9. The highest BCUT2D eigenvalue weighted by Gasteiger charge is 2.30. The van der Waals surface area contributed by atoms with E-state index in [0.29, 0.717) is 61.1 Å². The molecule has 0 aliphatic carbocycles. The molecule has 222 valence electrons. The molecule has 2 aromatic heterocycles. The lowest BCUT2D eigenvalue weighted by atomic mass is 9.86. The molecule has 0 spiro atoms. The minimum absolute atomic E-state index is 0.161. The van der Waals surface area contributed by atoms with E-state index < -0.39 is 10.0 Å². The average Bonchev–Trinajstić information content (AvgIpc) is 3.55. The molecule has 2 fully saturated rings. The fourth-order valence-corrected chi connectivity index (χ4v) is 7.37. The molecule has 4 heterocycles. The Morgan fingerprint density at radius 2 is 1.85 bits per heavy atom. The van der Waals surface area contributed by atoms with Gasteiger partial charge in [0.2, 0.25) is 16.0 Å². The van der Waals surface area contributed by atoms with Crippen molar-refractivity contribution in [2.24, 2.45) is 0 Å². The molecular formula is C28H39ClN8O3S. The fourth-order valence-electron chi connectivity index (χ4n) is 5.71. The summed E-state index contributed by atoms with van der Waals surface area (Å²) in [4.78, 5) is 11.0. The predicted octanol–water partition coefficient (Wildman–Crippen LogP) is 4.23. The minimum atomic E-state index is -3.28. The second-order valence-electron chi connectivity index (χ2n) is 11.2. The third kappa shape index (κ3) is 7.36. The van der Waals surface area contributed by atoms with Crippen molar-refractivity contribution in [3.05, 3.63) is 51.8 Å². The van der Waals surface area contributed by atoms with Gasteiger partial charge in [-0.2, -0.15) is 10.1 Å². The lowest BCUT2D eigenvalue weighted by molar-refractivity contribution is 0.176. The first-order chi connectivity index (χ1) is 19.6. The molecule has 0 saturated carbocycles. The number of H-pyrrole nitrogens is 1. The van der Waals surface area contributed by atoms with Crippen LogP contribution in [0.3, 0.4) is 0 Å². The van der Waals surface area contributed by atoms with Crippen molar-refractivity contribution in [2.75, 3.05) is 49.1 Å². The van der Waals surface area contributed by atoms with E-state index in [1.165, 1.54) is 5.56 Å². The number of aromatic amines is 1. The number of anilines is 4. The smallest absolute Gasteiger partial charge is 0.229 e. The number of aliphatic hydroxyl groups is 1. The SMILES string of the molecule is Cc1cc(Nc2nc(Nc3cc(C)c(C4CCN(S(=O)(=O)CCCN5CC[C@@H](O)C5)CC4)cc3C)ncc2Cl)n[nH]1. The van der Waals surface area contributed by atoms with Crippen LogP contribution in [-0.2, 0) is 10.0 Å². The molecule has 13 heteroatoms. The van der Waals surface area contributed by atoms with Gasteiger partial charge in [-0.1, -0.05) is 17.7 Å². The monoisotopic (exact) mass is 602 g/mol. The summed E-state index contributed by atoms with van der Waals surface area (Å²) in [6, 6.07) is 6.16. The highest BCUT2D eigenvalue weighted by molar-refractivity contribution is 7.89. The molecule has 1 atom stereocenters. The highest BCUT2D eigenvalue weighted by atomic mass is 35.5. The van der Waals surface area contributed by atoms with Crippen molar-refractivity contribution < 1.29 is 13.5 Å². The number of nitrogens with one attached hydrogen (secondary N) is 3. The molecule has 4 N–H and O–H groups in total. The van der Waals surface area contributed by atoms with Crippen molar-refractivity contribution >= 4 is 44.9 Å². The molecule has 11 nitrogen and oxygen atoms in total. The maximum atomic E-state index is 13.0. The number of hydrogen-bond donors (Lipinski definition) is 4. The molecule has 0 unspecified atom stereocenters. The molecule has 0 bridgehead atoms. The van der Waals surface area contributed by atoms with Crippen LogP contribution in [0.25, 0.3) is 0 Å². The van der Waals surface area contributed by atoms with Gasteiger partial charge in [-0.3, -0.25) is 5.10 Å². The maximum absolute atomic E-state index is 13.0. The Balaban J connectivity index is 1.18. The number of aryl methyl sites for hydroxylation is 3. The first-order valence-corrected chi connectivity index (χ1v) is 16.1. The summed E-state index contributed by atoms with van der Waals surface area (Å²) in [6.45, 7) is 9.34. The number of β-amino-alcohol motifs (C(OH)–C–C–N with tert-alkyl or cyclic N) is 1. The van der Waals surface area contributed by atoms with Crippen LogP contribution in [0.5, 0.6) is 0 Å². The zero-order valence-electron chi connectivity index (χ0n) is 23.8. The molecule has 2 saturated heterocycles. The van der Waals surface area contributed by atoms with Gasteiger partial charge in [-0.25, -0.2) is 17.7 Å². The Kier molecular flexibility index (Phi) is 9.15. The van der Waals surface area contributed by atoms with Gasteiger partial charge in [0.25, 0.3) is 0 Å². The zero-order valence-corrected chi connectivity index (χ0v) is 25.4. The second-order valence-corrected chi connectivity index (χ2v) is 13.7. The Labute approximate surface area is 246 Å². The van der Waals surface area contributed by atoms with Gasteiger partial charge in [-0.15, -0.1) is 0 Å². The Bertz CT molecular complexity index is 1470. The van der Waals surface area contributed by atoms with E-state index in [1.807, 2.05) is 19.9 Å². The van der Waals surface area contributed by atoms with Crippen LogP contribution < -0.4 is 10.6 Å². The zero-order chi connectivity index (χ0) is 29.1. The number of benzene rings is 1. The molecule has 2 aliphatic rings. The molecule has 41 heavy (non-hydrogen) atoms. The summed E-state index contributed by atoms with van der Waals surface area (Å²) in [5, 5.41) is 23.6. The Morgan fingerprint density at radius 3 is 2.54 bits per heavy atom. The number of halogens is 1. The number of sulfonamides is 1. The van der Waals surface area contributed by atoms with E-state index in [1.54, 1.807) is 10.5 Å². The first kappa shape index (κ1) is 29.7. The van der Waals surface area contributed by atoms with Crippen molar-refractivity contribution in [1.29, 1.82) is 0 Å². The van der Waals surface area contributed by atoms with Crippen LogP contribution >= 0.6 is 11.6 Å². The van der Waals surface area contributed by atoms with Crippen molar-refractivity contribution in [3.8, 4) is 0 Å². The second kappa shape index (κ2) is 12.6. The van der Waals surface area contributed by atoms with E-state index >= 15 is 0 Å². The lowest BCUT2D eigenvalue weighted by Gasteiger charge is -2.32. The quantitative estimate of drug-likeness (QED) is 0.268. The number of likely N-dealkylation sites (tertiary alicyclic amines) is 1. The number of piperidine rings is 1. The van der Waals surface area contributed by atoms with Crippen molar-refractivity contribution in [1.82, 2.24) is 29.4 Å². The number of aliphatic hydroxyl groups excluding tert-OH is 1. The Hall–Kier alpha value is -2.77. The topological polar surface area (TPSA) is 139 Å². The third-order valence-corrected chi connectivity index (χ3v) is 10.2. The van der Waals surface area contributed by atoms with E-state index in [4.69, 9.17) is 11.6 Å². The summed E-state index contributed by atoms with van der Waals surface area (Å²) in [5.41, 5.74) is 5.28. The summed E-state index contributed by atoms with van der Waals surface area (Å²) < 4.78 is 27.6. The van der Waals surface area contributed by atoms with Crippen LogP contribution in [0, 0.1) is 20.8 Å². The van der Waals surface area contributed by atoms with Crippen LogP contribution in [-0.4, -0.2) is 87.5 Å². The van der Waals surface area contributed by atoms with Crippen LogP contribution in [0.4, 0.5) is 23.3 Å². The third-order valence-electron chi connectivity index (χ3n) is 7.97. The van der Waals surface area contributed by atoms with Gasteiger partial charge in [0.05, 0.1) is 18.1 Å². The standard InChI is InChI=1S/C28H39ClN8O3S/c1-18-14-25(31-28-30-16-24(29)27(33-28)32-26-15-20(3)34-35-26)19(2)13-23(18)21-5-10-37(11-6-21)41(39,40)12-4-8-36-9-7-22(38)17-36/h13-16,21-22,38H,4-12,17H2,1-3H3,(H3,30,31,32,33,34,35)/t22-/m1/s1. The first-order valence-electron chi connectivity index (χ1n) is 14.2. The minimum Gasteiger partial charge on any atom is -0.392 e. The van der Waals surface area contributed by atoms with Gasteiger partial charge in [-0.05, 0) is 81.7 Å². The number of aromatic nitrogens is 4. The van der Waals surface area contributed by atoms with E-state index in [9.17, 15) is 13.5 Å². The average molecular weight is 603 g/mol. The van der Waals surface area contributed by atoms with Crippen LogP contribution in [0.2, 0.25) is 5.02 Å². The van der Waals surface area contributed by atoms with Crippen molar-refractivity contribution in [2.45, 2.75) is 58.5 Å². The van der Waals surface area contributed by atoms with Gasteiger partial charge in [0.15, 0.2) is 11.6 Å². The normalized spacial score (nSPS) is 19.1. The molecule has 0 amide bonds. The van der Waals surface area contributed by atoms with Gasteiger partial charge in [0.1, 0.15) is 5.02 Å². The maximum Gasteiger partial charge on any atom is 0.229 e. The van der Waals surface area contributed by atoms with Crippen LogP contribution in [0.15, 0.2) is 24.4 Å². The molecule has 3 aromatic rings. The van der Waals surface area contributed by atoms with Gasteiger partial charge >= 0.3 is 0 Å². The Morgan fingerprint density at radius 1 is 1.07 bits per heavy atom. The molecule has 1 aromatic carbocycles. The molecule has 2 aliphatic heterocycles. The van der Waals surface area contributed by atoms with E-state index in [2.05, 4.69) is 54.8 Å². The van der Waals surface area contributed by atoms with Gasteiger partial charge in [0, 0.05) is 43.6 Å². The molecule has 5 rings (SSSR count). The van der Waals surface area contributed by atoms with E-state index in [-0.39, 0.29) is 11.9 Å². The predicted molar refractivity (Wildman–Crippen MR) is 162 cm³/mol. The number of rotatable bonds is 10. The lowest BCUT2D eigenvalue weighted by Crippen LogP contribution is -2.40. The van der Waals surface area contributed by atoms with Crippen molar-refractivity contribution in [3.63, 3.8) is 0 Å². The largest absolute Gasteiger partial charge is 0.392 e. The van der Waals surface area contributed by atoms with Crippen LogP contribution in [0.1, 0.15) is 54.0 Å². The summed E-state index contributed by atoms with van der Waals surface area (Å²) >= 11 is 6.31. The van der Waals surface area contributed by atoms with E-state index in [0.717, 1.165) is 48.3 Å². The summed E-state index contributed by atoms with van der Waals surface area (Å²) in [7, 11) is -3.28. The molecule has 0 radical (unpaired) electrons. The number of nitrogens with zero attached hydrogens (tertiary/aromatic N) is 5. The summed E-state index contributed by atoms with van der Waals surface area (Å²) in [6.07, 6.45) is 4.24. The highest BCUT2D eigenvalue weighted by Crippen LogP contribution is 2.35. The fraction of sp³-hybridized carbons (Fsp3) is 0.536.